The van der Waals surface area contributed by atoms with Gasteiger partial charge >= 0.3 is 0 Å². The highest BCUT2D eigenvalue weighted by atomic mass is 35.5. The topological polar surface area (TPSA) is 64.3 Å². The van der Waals surface area contributed by atoms with Crippen LogP contribution in [-0.4, -0.2) is 25.1 Å². The molecule has 1 aromatic rings. The summed E-state index contributed by atoms with van der Waals surface area (Å²) in [5.74, 6) is 1.12. The third-order valence-corrected chi connectivity index (χ3v) is 2.78. The lowest BCUT2D eigenvalue weighted by atomic mass is 10.0. The molecule has 0 aliphatic carbocycles. The van der Waals surface area contributed by atoms with Crippen LogP contribution in [0, 0.1) is 5.92 Å². The van der Waals surface area contributed by atoms with Crippen LogP contribution < -0.4 is 15.8 Å². The number of halogens is 1. The van der Waals surface area contributed by atoms with E-state index in [0.29, 0.717) is 30.4 Å². The SMILES string of the molecule is CCOc1cccc(C(=O)NC(CN)CC(C)C)c1.Cl. The summed E-state index contributed by atoms with van der Waals surface area (Å²) in [4.78, 5) is 12.1. The largest absolute Gasteiger partial charge is 0.494 e. The maximum Gasteiger partial charge on any atom is 0.251 e. The van der Waals surface area contributed by atoms with Crippen LogP contribution in [-0.2, 0) is 0 Å². The Morgan fingerprint density at radius 2 is 2.10 bits per heavy atom. The number of ether oxygens (including phenoxy) is 1. The highest BCUT2D eigenvalue weighted by Gasteiger charge is 2.14. The lowest BCUT2D eigenvalue weighted by Crippen LogP contribution is -2.41. The first-order chi connectivity index (χ1) is 9.06. The molecule has 4 nitrogen and oxygen atoms in total. The number of hydrogen-bond donors (Lipinski definition) is 2. The van der Waals surface area contributed by atoms with Crippen LogP contribution in [0.1, 0.15) is 37.6 Å². The van der Waals surface area contributed by atoms with Gasteiger partial charge in [0.15, 0.2) is 0 Å². The number of nitrogens with one attached hydrogen (secondary N) is 1. The summed E-state index contributed by atoms with van der Waals surface area (Å²) in [6.45, 7) is 7.19. The number of rotatable bonds is 7. The van der Waals surface area contributed by atoms with Crippen molar-refractivity contribution >= 4 is 18.3 Å². The lowest BCUT2D eigenvalue weighted by molar-refractivity contribution is 0.0933. The standard InChI is InChI=1S/C15H24N2O2.ClH/c1-4-19-14-7-5-6-12(9-14)15(18)17-13(10-16)8-11(2)3;/h5-7,9,11,13H,4,8,10,16H2,1-3H3,(H,17,18);1H. The van der Waals surface area contributed by atoms with E-state index in [1.807, 2.05) is 19.1 Å². The zero-order valence-corrected chi connectivity index (χ0v) is 13.2. The van der Waals surface area contributed by atoms with Crippen LogP contribution in [0.4, 0.5) is 0 Å². The van der Waals surface area contributed by atoms with Crippen molar-refractivity contribution in [2.45, 2.75) is 33.2 Å². The monoisotopic (exact) mass is 300 g/mol. The first-order valence-electron chi connectivity index (χ1n) is 6.80. The number of carbonyl (C=O) groups excluding carboxylic acids is 1. The van der Waals surface area contributed by atoms with Crippen molar-refractivity contribution in [2.24, 2.45) is 11.7 Å². The fraction of sp³-hybridized carbons (Fsp3) is 0.533. The molecule has 0 saturated carbocycles. The number of amides is 1. The van der Waals surface area contributed by atoms with Gasteiger partial charge in [-0.3, -0.25) is 4.79 Å². The Kier molecular flexibility index (Phi) is 9.01. The molecule has 0 radical (unpaired) electrons. The number of benzene rings is 1. The molecular weight excluding hydrogens is 276 g/mol. The minimum atomic E-state index is -0.0994. The zero-order chi connectivity index (χ0) is 14.3. The summed E-state index contributed by atoms with van der Waals surface area (Å²) in [5.41, 5.74) is 6.29. The van der Waals surface area contributed by atoms with Gasteiger partial charge in [0.1, 0.15) is 5.75 Å². The van der Waals surface area contributed by atoms with E-state index in [0.717, 1.165) is 6.42 Å². The number of hydrogen-bond acceptors (Lipinski definition) is 3. The van der Waals surface area contributed by atoms with Gasteiger partial charge in [-0.25, -0.2) is 0 Å². The Morgan fingerprint density at radius 1 is 1.40 bits per heavy atom. The Hall–Kier alpha value is -1.26. The summed E-state index contributed by atoms with van der Waals surface area (Å²) in [6.07, 6.45) is 0.882. The second-order valence-electron chi connectivity index (χ2n) is 5.00. The zero-order valence-electron chi connectivity index (χ0n) is 12.4. The average molecular weight is 301 g/mol. The van der Waals surface area contributed by atoms with Crippen LogP contribution in [0.3, 0.4) is 0 Å². The smallest absolute Gasteiger partial charge is 0.251 e. The first-order valence-corrected chi connectivity index (χ1v) is 6.80. The summed E-state index contributed by atoms with van der Waals surface area (Å²) in [6, 6.07) is 7.21. The van der Waals surface area contributed by atoms with Crippen LogP contribution in [0.2, 0.25) is 0 Å². The minimum Gasteiger partial charge on any atom is -0.494 e. The van der Waals surface area contributed by atoms with Gasteiger partial charge in [-0.1, -0.05) is 19.9 Å². The van der Waals surface area contributed by atoms with Gasteiger partial charge in [0, 0.05) is 18.2 Å². The molecule has 1 rings (SSSR count). The van der Waals surface area contributed by atoms with Gasteiger partial charge < -0.3 is 15.8 Å². The molecule has 0 bridgehead atoms. The third kappa shape index (κ3) is 6.26. The van der Waals surface area contributed by atoms with Crippen molar-refractivity contribution in [3.63, 3.8) is 0 Å². The van der Waals surface area contributed by atoms with Gasteiger partial charge in [-0.2, -0.15) is 0 Å². The van der Waals surface area contributed by atoms with E-state index in [-0.39, 0.29) is 24.4 Å². The van der Waals surface area contributed by atoms with E-state index < -0.39 is 0 Å². The highest BCUT2D eigenvalue weighted by Crippen LogP contribution is 2.13. The Morgan fingerprint density at radius 3 is 2.65 bits per heavy atom. The summed E-state index contributed by atoms with van der Waals surface area (Å²) >= 11 is 0. The summed E-state index contributed by atoms with van der Waals surface area (Å²) < 4.78 is 5.39. The van der Waals surface area contributed by atoms with Crippen molar-refractivity contribution in [3.05, 3.63) is 29.8 Å². The van der Waals surface area contributed by atoms with Gasteiger partial charge in [0.25, 0.3) is 5.91 Å². The second-order valence-corrected chi connectivity index (χ2v) is 5.00. The molecule has 1 aromatic carbocycles. The predicted molar refractivity (Wildman–Crippen MR) is 84.6 cm³/mol. The maximum atomic E-state index is 12.1. The normalized spacial score (nSPS) is 11.7. The van der Waals surface area contributed by atoms with Gasteiger partial charge in [0.2, 0.25) is 0 Å². The van der Waals surface area contributed by atoms with Gasteiger partial charge in [-0.15, -0.1) is 12.4 Å². The molecular formula is C15H25ClN2O2. The average Bonchev–Trinajstić information content (AvgIpc) is 2.38. The van der Waals surface area contributed by atoms with E-state index in [4.69, 9.17) is 10.5 Å². The Balaban J connectivity index is 0.00000361. The molecule has 1 unspecified atom stereocenters. The van der Waals surface area contributed by atoms with Crippen LogP contribution in [0.5, 0.6) is 5.75 Å². The molecule has 0 fully saturated rings. The third-order valence-electron chi connectivity index (χ3n) is 2.78. The molecule has 0 spiro atoms. The van der Waals surface area contributed by atoms with E-state index in [1.54, 1.807) is 12.1 Å². The molecule has 1 atom stereocenters. The molecule has 0 heterocycles. The maximum absolute atomic E-state index is 12.1. The number of nitrogens with two attached hydrogens (primary N) is 1. The van der Waals surface area contributed by atoms with Crippen LogP contribution in [0.15, 0.2) is 24.3 Å². The fourth-order valence-corrected chi connectivity index (χ4v) is 1.95. The van der Waals surface area contributed by atoms with E-state index >= 15 is 0 Å². The Bertz CT molecular complexity index is 411. The molecule has 0 aromatic heterocycles. The van der Waals surface area contributed by atoms with Crippen molar-refractivity contribution in [1.29, 1.82) is 0 Å². The second kappa shape index (κ2) is 9.61. The molecule has 3 N–H and O–H groups in total. The van der Waals surface area contributed by atoms with E-state index in [9.17, 15) is 4.79 Å². The van der Waals surface area contributed by atoms with E-state index in [2.05, 4.69) is 19.2 Å². The highest BCUT2D eigenvalue weighted by molar-refractivity contribution is 5.94. The van der Waals surface area contributed by atoms with Crippen molar-refractivity contribution in [2.75, 3.05) is 13.2 Å². The van der Waals surface area contributed by atoms with E-state index in [1.165, 1.54) is 0 Å². The van der Waals surface area contributed by atoms with Crippen molar-refractivity contribution < 1.29 is 9.53 Å². The number of carbonyl (C=O) groups is 1. The molecule has 1 amide bonds. The minimum absolute atomic E-state index is 0. The van der Waals surface area contributed by atoms with Gasteiger partial charge in [-0.05, 0) is 37.5 Å². The molecule has 20 heavy (non-hydrogen) atoms. The van der Waals surface area contributed by atoms with Gasteiger partial charge in [0.05, 0.1) is 6.61 Å². The summed E-state index contributed by atoms with van der Waals surface area (Å²) in [7, 11) is 0. The molecule has 0 aliphatic heterocycles. The first kappa shape index (κ1) is 18.7. The predicted octanol–water partition coefficient (Wildman–Crippen LogP) is 2.61. The fourth-order valence-electron chi connectivity index (χ4n) is 1.95. The van der Waals surface area contributed by atoms with Crippen LogP contribution in [0.25, 0.3) is 0 Å². The Labute approximate surface area is 127 Å². The molecule has 5 heteroatoms. The molecule has 0 saturated heterocycles. The quantitative estimate of drug-likeness (QED) is 0.813. The van der Waals surface area contributed by atoms with Crippen molar-refractivity contribution in [3.8, 4) is 5.75 Å². The van der Waals surface area contributed by atoms with Crippen LogP contribution >= 0.6 is 12.4 Å². The van der Waals surface area contributed by atoms with Crippen molar-refractivity contribution in [1.82, 2.24) is 5.32 Å². The molecule has 114 valence electrons. The molecule has 0 aliphatic rings. The summed E-state index contributed by atoms with van der Waals surface area (Å²) in [5, 5.41) is 2.96. The lowest BCUT2D eigenvalue weighted by Gasteiger charge is -2.19.